The fourth-order valence-electron chi connectivity index (χ4n) is 1.54. The molecule has 2 nitrogen and oxygen atoms in total. The summed E-state index contributed by atoms with van der Waals surface area (Å²) in [6.07, 6.45) is 0. The second kappa shape index (κ2) is 5.19. The van der Waals surface area contributed by atoms with Crippen LogP contribution in [0.1, 0.15) is 17.3 Å². The van der Waals surface area contributed by atoms with E-state index in [9.17, 15) is 9.18 Å². The van der Waals surface area contributed by atoms with E-state index in [-0.39, 0.29) is 17.1 Å². The van der Waals surface area contributed by atoms with E-state index in [1.54, 1.807) is 24.3 Å². The largest absolute Gasteiger partial charge is 0.453 e. The number of ketones is 1. The van der Waals surface area contributed by atoms with Gasteiger partial charge in [0.2, 0.25) is 0 Å². The third-order valence-corrected chi connectivity index (χ3v) is 2.60. The van der Waals surface area contributed by atoms with Crippen molar-refractivity contribution >= 4 is 17.4 Å². The Kier molecular flexibility index (Phi) is 3.63. The number of Topliss-reactive ketones (excluding diaryl/α,β-unsaturated/α-hetero) is 1. The Morgan fingerprint density at radius 3 is 2.61 bits per heavy atom. The lowest BCUT2D eigenvalue weighted by Gasteiger charge is -2.10. The predicted octanol–water partition coefficient (Wildman–Crippen LogP) is 4.47. The smallest absolute Gasteiger partial charge is 0.173 e. The molecule has 0 fully saturated rings. The number of hydrogen-bond donors (Lipinski definition) is 0. The van der Waals surface area contributed by atoms with Gasteiger partial charge in [-0.15, -0.1) is 0 Å². The molecule has 0 radical (unpaired) electrons. The molecular weight excluding hydrogens is 255 g/mol. The highest BCUT2D eigenvalue weighted by atomic mass is 35.5. The van der Waals surface area contributed by atoms with E-state index in [4.69, 9.17) is 16.3 Å². The lowest BCUT2D eigenvalue weighted by Crippen LogP contribution is -1.99. The molecule has 18 heavy (non-hydrogen) atoms. The molecule has 0 amide bonds. The van der Waals surface area contributed by atoms with E-state index in [1.165, 1.54) is 25.1 Å². The highest BCUT2D eigenvalue weighted by Gasteiger charge is 2.14. The molecule has 2 rings (SSSR count). The van der Waals surface area contributed by atoms with Gasteiger partial charge < -0.3 is 4.74 Å². The van der Waals surface area contributed by atoms with E-state index in [0.29, 0.717) is 10.8 Å². The van der Waals surface area contributed by atoms with Crippen LogP contribution in [0.25, 0.3) is 0 Å². The predicted molar refractivity (Wildman–Crippen MR) is 67.9 cm³/mol. The van der Waals surface area contributed by atoms with Crippen LogP contribution in [0.5, 0.6) is 11.5 Å². The van der Waals surface area contributed by atoms with Crippen LogP contribution in [0.3, 0.4) is 0 Å². The summed E-state index contributed by atoms with van der Waals surface area (Å²) in [5.74, 6) is -0.531. The molecule has 2 aromatic rings. The van der Waals surface area contributed by atoms with E-state index in [1.807, 2.05) is 0 Å². The van der Waals surface area contributed by atoms with Crippen LogP contribution in [0.15, 0.2) is 42.5 Å². The van der Waals surface area contributed by atoms with E-state index < -0.39 is 5.82 Å². The highest BCUT2D eigenvalue weighted by molar-refractivity contribution is 6.30. The number of carbonyl (C=O) groups is 1. The Labute approximate surface area is 109 Å². The van der Waals surface area contributed by atoms with E-state index in [0.717, 1.165) is 0 Å². The van der Waals surface area contributed by atoms with Crippen LogP contribution in [0, 0.1) is 5.82 Å². The van der Waals surface area contributed by atoms with Gasteiger partial charge in [0.05, 0.1) is 5.56 Å². The number of ether oxygens (including phenoxy) is 1. The normalized spacial score (nSPS) is 10.2. The molecule has 0 N–H and O–H groups in total. The molecule has 0 aromatic heterocycles. The monoisotopic (exact) mass is 264 g/mol. The van der Waals surface area contributed by atoms with Gasteiger partial charge in [-0.3, -0.25) is 4.79 Å². The average Bonchev–Trinajstić information content (AvgIpc) is 2.31. The van der Waals surface area contributed by atoms with Crippen molar-refractivity contribution in [1.29, 1.82) is 0 Å². The molecule has 0 aliphatic rings. The molecule has 0 atom stereocenters. The zero-order valence-electron chi connectivity index (χ0n) is 9.61. The Morgan fingerprint density at radius 1 is 1.22 bits per heavy atom. The summed E-state index contributed by atoms with van der Waals surface area (Å²) >= 11 is 5.81. The Bertz CT molecular complexity index is 596. The summed E-state index contributed by atoms with van der Waals surface area (Å²) in [7, 11) is 0. The first-order chi connectivity index (χ1) is 8.58. The van der Waals surface area contributed by atoms with Crippen molar-refractivity contribution in [2.24, 2.45) is 0 Å². The van der Waals surface area contributed by atoms with Gasteiger partial charge >= 0.3 is 0 Å². The maximum Gasteiger partial charge on any atom is 0.173 e. The summed E-state index contributed by atoms with van der Waals surface area (Å²) in [4.78, 5) is 11.4. The molecule has 0 unspecified atom stereocenters. The molecule has 0 heterocycles. The number of benzene rings is 2. The van der Waals surface area contributed by atoms with Crippen LogP contribution in [0.4, 0.5) is 4.39 Å². The molecule has 0 spiro atoms. The van der Waals surface area contributed by atoms with E-state index in [2.05, 4.69) is 0 Å². The number of hydrogen-bond acceptors (Lipinski definition) is 2. The summed E-state index contributed by atoms with van der Waals surface area (Å²) in [5.41, 5.74) is 0.204. The van der Waals surface area contributed by atoms with Gasteiger partial charge in [-0.05, 0) is 37.3 Å². The van der Waals surface area contributed by atoms with Crippen LogP contribution in [-0.4, -0.2) is 5.78 Å². The van der Waals surface area contributed by atoms with Crippen LogP contribution >= 0.6 is 11.6 Å². The molecule has 2 aromatic carbocycles. The Morgan fingerprint density at radius 2 is 1.94 bits per heavy atom. The summed E-state index contributed by atoms with van der Waals surface area (Å²) in [6.45, 7) is 1.36. The van der Waals surface area contributed by atoms with Crippen molar-refractivity contribution < 1.29 is 13.9 Å². The zero-order valence-corrected chi connectivity index (χ0v) is 10.4. The molecule has 4 heteroatoms. The van der Waals surface area contributed by atoms with Crippen LogP contribution in [-0.2, 0) is 0 Å². The summed E-state index contributed by atoms with van der Waals surface area (Å²) < 4.78 is 19.1. The third kappa shape index (κ3) is 2.68. The van der Waals surface area contributed by atoms with Gasteiger partial charge in [-0.25, -0.2) is 4.39 Å². The second-order valence-corrected chi connectivity index (χ2v) is 4.17. The van der Waals surface area contributed by atoms with Crippen molar-refractivity contribution in [3.8, 4) is 11.5 Å². The second-order valence-electron chi connectivity index (χ2n) is 3.73. The van der Waals surface area contributed by atoms with Crippen molar-refractivity contribution in [1.82, 2.24) is 0 Å². The van der Waals surface area contributed by atoms with Gasteiger partial charge in [0.25, 0.3) is 0 Å². The van der Waals surface area contributed by atoms with Gasteiger partial charge in [-0.2, -0.15) is 0 Å². The molecule has 0 saturated heterocycles. The number of carbonyl (C=O) groups excluding carboxylic acids is 1. The quantitative estimate of drug-likeness (QED) is 0.765. The summed E-state index contributed by atoms with van der Waals surface area (Å²) in [6, 6.07) is 10.8. The minimum atomic E-state index is -0.581. The van der Waals surface area contributed by atoms with Crippen LogP contribution < -0.4 is 4.74 Å². The fraction of sp³-hybridized carbons (Fsp3) is 0.0714. The standard InChI is InChI=1S/C14H10ClFO2/c1-9(17)12-6-3-7-13(16)14(12)18-11-5-2-4-10(15)8-11/h2-8H,1H3. The maximum absolute atomic E-state index is 13.7. The van der Waals surface area contributed by atoms with Crippen molar-refractivity contribution in [2.75, 3.05) is 0 Å². The lowest BCUT2D eigenvalue weighted by molar-refractivity contribution is 0.101. The topological polar surface area (TPSA) is 26.3 Å². The fourth-order valence-corrected chi connectivity index (χ4v) is 1.72. The number of halogens is 2. The minimum absolute atomic E-state index is 0.0766. The number of rotatable bonds is 3. The third-order valence-electron chi connectivity index (χ3n) is 2.36. The number of para-hydroxylation sites is 1. The first-order valence-corrected chi connectivity index (χ1v) is 5.68. The molecule has 0 aliphatic carbocycles. The van der Waals surface area contributed by atoms with Gasteiger partial charge in [0, 0.05) is 5.02 Å². The highest BCUT2D eigenvalue weighted by Crippen LogP contribution is 2.29. The maximum atomic E-state index is 13.7. The van der Waals surface area contributed by atoms with Crippen molar-refractivity contribution in [3.05, 3.63) is 58.9 Å². The average molecular weight is 265 g/mol. The Balaban J connectivity index is 2.42. The first kappa shape index (κ1) is 12.6. The molecular formula is C14H10ClFO2. The first-order valence-electron chi connectivity index (χ1n) is 5.31. The molecule has 92 valence electrons. The van der Waals surface area contributed by atoms with Crippen molar-refractivity contribution in [2.45, 2.75) is 6.92 Å². The van der Waals surface area contributed by atoms with E-state index >= 15 is 0 Å². The molecule has 0 aliphatic heterocycles. The van der Waals surface area contributed by atoms with Gasteiger partial charge in [0.1, 0.15) is 5.75 Å². The van der Waals surface area contributed by atoms with Gasteiger partial charge in [0.15, 0.2) is 17.3 Å². The zero-order chi connectivity index (χ0) is 13.1. The SMILES string of the molecule is CC(=O)c1cccc(F)c1Oc1cccc(Cl)c1. The minimum Gasteiger partial charge on any atom is -0.453 e. The van der Waals surface area contributed by atoms with Crippen molar-refractivity contribution in [3.63, 3.8) is 0 Å². The molecule has 0 bridgehead atoms. The summed E-state index contributed by atoms with van der Waals surface area (Å²) in [5, 5.41) is 0.480. The lowest BCUT2D eigenvalue weighted by atomic mass is 10.1. The Hall–Kier alpha value is -1.87. The molecule has 0 saturated carbocycles. The van der Waals surface area contributed by atoms with Crippen LogP contribution in [0.2, 0.25) is 5.02 Å². The van der Waals surface area contributed by atoms with Gasteiger partial charge in [-0.1, -0.05) is 23.7 Å².